The first-order chi connectivity index (χ1) is 12.9. The molecule has 0 radical (unpaired) electrons. The Morgan fingerprint density at radius 3 is 2.64 bits per heavy atom. The van der Waals surface area contributed by atoms with Crippen LogP contribution in [0.4, 0.5) is 10.5 Å². The number of hydrogen-bond acceptors (Lipinski definition) is 5. The molecule has 1 aliphatic heterocycles. The molecule has 0 spiro atoms. The van der Waals surface area contributed by atoms with Gasteiger partial charge in [-0.1, -0.05) is 6.07 Å². The topological polar surface area (TPSA) is 105 Å². The molecule has 1 atom stereocenters. The van der Waals surface area contributed by atoms with E-state index in [4.69, 9.17) is 4.74 Å². The number of nitrogens with one attached hydrogen (secondary N) is 2. The van der Waals surface area contributed by atoms with Crippen LogP contribution in [0.25, 0.3) is 0 Å². The predicted octanol–water partition coefficient (Wildman–Crippen LogP) is 2.44. The summed E-state index contributed by atoms with van der Waals surface area (Å²) in [6, 6.07) is 6.70. The zero-order valence-electron chi connectivity index (χ0n) is 16.8. The maximum Gasteiger partial charge on any atom is 0.412 e. The fraction of sp³-hybridized carbons (Fsp3) is 0.579. The largest absolute Gasteiger partial charge is 0.444 e. The number of ether oxygens (including phenoxy) is 1. The van der Waals surface area contributed by atoms with E-state index in [1.807, 2.05) is 0 Å². The molecule has 2 amide bonds. The standard InChI is InChI=1S/C19H29N3O5S/c1-19(2,3)27-18(24)21-16-9-5-8-15(11-16)17(23)22-10-6-7-14(13-22)12-20-28(4,25)26/h5,8-9,11,14,20H,6-7,10,12-13H2,1-4H3,(H,21,24)/t14-/m0/s1. The highest BCUT2D eigenvalue weighted by molar-refractivity contribution is 7.88. The summed E-state index contributed by atoms with van der Waals surface area (Å²) in [5.74, 6) is -0.0626. The summed E-state index contributed by atoms with van der Waals surface area (Å²) >= 11 is 0. The monoisotopic (exact) mass is 411 g/mol. The van der Waals surface area contributed by atoms with E-state index in [1.54, 1.807) is 49.9 Å². The maximum absolute atomic E-state index is 12.9. The molecule has 1 aromatic rings. The summed E-state index contributed by atoms with van der Waals surface area (Å²) in [7, 11) is -3.25. The van der Waals surface area contributed by atoms with Crippen molar-refractivity contribution in [1.29, 1.82) is 0 Å². The molecule has 1 aliphatic rings. The van der Waals surface area contributed by atoms with Gasteiger partial charge in [0, 0.05) is 30.9 Å². The zero-order valence-corrected chi connectivity index (χ0v) is 17.6. The second-order valence-electron chi connectivity index (χ2n) is 8.09. The molecule has 0 aromatic heterocycles. The quantitative estimate of drug-likeness (QED) is 0.774. The van der Waals surface area contributed by atoms with Crippen LogP contribution in [0.2, 0.25) is 0 Å². The molecule has 2 rings (SSSR count). The van der Waals surface area contributed by atoms with Gasteiger partial charge >= 0.3 is 6.09 Å². The molecule has 0 unspecified atom stereocenters. The van der Waals surface area contributed by atoms with E-state index < -0.39 is 21.7 Å². The third-order valence-corrected chi connectivity index (χ3v) is 4.89. The Kier molecular flexibility index (Phi) is 7.06. The Balaban J connectivity index is 2.00. The molecule has 1 aromatic carbocycles. The maximum atomic E-state index is 12.9. The Labute approximate surface area is 166 Å². The molecule has 9 heteroatoms. The van der Waals surface area contributed by atoms with Gasteiger partial charge in [-0.15, -0.1) is 0 Å². The number of carbonyl (C=O) groups excluding carboxylic acids is 2. The van der Waals surface area contributed by atoms with E-state index in [0.29, 0.717) is 30.9 Å². The van der Waals surface area contributed by atoms with Crippen LogP contribution in [0.5, 0.6) is 0 Å². The number of rotatable bonds is 5. The third-order valence-electron chi connectivity index (χ3n) is 4.20. The van der Waals surface area contributed by atoms with Crippen molar-refractivity contribution in [3.63, 3.8) is 0 Å². The van der Waals surface area contributed by atoms with E-state index in [1.165, 1.54) is 0 Å². The van der Waals surface area contributed by atoms with Gasteiger partial charge in [0.05, 0.1) is 6.26 Å². The number of amides is 2. The first kappa shape index (κ1) is 22.2. The number of anilines is 1. The first-order valence-electron chi connectivity index (χ1n) is 9.27. The number of nitrogens with zero attached hydrogens (tertiary/aromatic N) is 1. The third kappa shape index (κ3) is 7.47. The van der Waals surface area contributed by atoms with Gasteiger partial charge in [0.2, 0.25) is 10.0 Å². The van der Waals surface area contributed by atoms with Crippen LogP contribution in [0, 0.1) is 5.92 Å². The molecule has 0 saturated carbocycles. The smallest absolute Gasteiger partial charge is 0.412 e. The SMILES string of the molecule is CC(C)(C)OC(=O)Nc1cccc(C(=O)N2CCC[C@@H](CNS(C)(=O)=O)C2)c1. The van der Waals surface area contributed by atoms with Crippen LogP contribution in [-0.2, 0) is 14.8 Å². The van der Waals surface area contributed by atoms with E-state index in [2.05, 4.69) is 10.0 Å². The van der Waals surface area contributed by atoms with Gasteiger partial charge in [0.1, 0.15) is 5.60 Å². The molecule has 0 aliphatic carbocycles. The van der Waals surface area contributed by atoms with Gasteiger partial charge in [0.25, 0.3) is 5.91 Å². The van der Waals surface area contributed by atoms with Crippen molar-refractivity contribution in [3.05, 3.63) is 29.8 Å². The molecule has 8 nitrogen and oxygen atoms in total. The summed E-state index contributed by atoms with van der Waals surface area (Å²) in [6.45, 7) is 6.76. The average Bonchev–Trinajstić information content (AvgIpc) is 2.57. The van der Waals surface area contributed by atoms with E-state index in [9.17, 15) is 18.0 Å². The van der Waals surface area contributed by atoms with Crippen LogP contribution in [0.3, 0.4) is 0 Å². The molecule has 1 heterocycles. The minimum atomic E-state index is -3.25. The fourth-order valence-electron chi connectivity index (χ4n) is 3.02. The lowest BCUT2D eigenvalue weighted by molar-refractivity contribution is 0.0632. The van der Waals surface area contributed by atoms with Gasteiger partial charge < -0.3 is 9.64 Å². The molecule has 1 fully saturated rings. The fourth-order valence-corrected chi connectivity index (χ4v) is 3.56. The van der Waals surface area contributed by atoms with E-state index in [-0.39, 0.29) is 11.8 Å². The number of benzene rings is 1. The zero-order chi connectivity index (χ0) is 20.9. The van der Waals surface area contributed by atoms with Gasteiger partial charge in [-0.3, -0.25) is 10.1 Å². The van der Waals surface area contributed by atoms with Crippen molar-refractivity contribution >= 4 is 27.7 Å². The lowest BCUT2D eigenvalue weighted by atomic mass is 9.97. The Bertz CT molecular complexity index is 817. The summed E-state index contributed by atoms with van der Waals surface area (Å²) in [5, 5.41) is 2.63. The van der Waals surface area contributed by atoms with Crippen LogP contribution < -0.4 is 10.0 Å². The Hall–Kier alpha value is -2.13. The second kappa shape index (κ2) is 8.91. The van der Waals surface area contributed by atoms with Crippen LogP contribution >= 0.6 is 0 Å². The molecule has 0 bridgehead atoms. The Morgan fingerprint density at radius 1 is 1.29 bits per heavy atom. The van der Waals surface area contributed by atoms with Crippen molar-refractivity contribution < 1.29 is 22.7 Å². The predicted molar refractivity (Wildman–Crippen MR) is 108 cm³/mol. The lowest BCUT2D eigenvalue weighted by Crippen LogP contribution is -2.43. The second-order valence-corrected chi connectivity index (χ2v) is 9.92. The Morgan fingerprint density at radius 2 is 2.00 bits per heavy atom. The molecular formula is C19H29N3O5S. The average molecular weight is 412 g/mol. The first-order valence-corrected chi connectivity index (χ1v) is 11.2. The van der Waals surface area contributed by atoms with Gasteiger partial charge in [0.15, 0.2) is 0 Å². The highest BCUT2D eigenvalue weighted by Crippen LogP contribution is 2.20. The highest BCUT2D eigenvalue weighted by atomic mass is 32.2. The minimum absolute atomic E-state index is 0.0792. The number of piperidine rings is 1. The molecule has 2 N–H and O–H groups in total. The molecule has 156 valence electrons. The number of sulfonamides is 1. The lowest BCUT2D eigenvalue weighted by Gasteiger charge is -2.33. The number of hydrogen-bond donors (Lipinski definition) is 2. The summed E-state index contributed by atoms with van der Waals surface area (Å²) in [5.41, 5.74) is 0.332. The van der Waals surface area contributed by atoms with E-state index >= 15 is 0 Å². The van der Waals surface area contributed by atoms with Crippen molar-refractivity contribution in [2.45, 2.75) is 39.2 Å². The van der Waals surface area contributed by atoms with Crippen LogP contribution in [-0.4, -0.2) is 56.8 Å². The van der Waals surface area contributed by atoms with Crippen molar-refractivity contribution in [3.8, 4) is 0 Å². The van der Waals surface area contributed by atoms with E-state index in [0.717, 1.165) is 19.1 Å². The highest BCUT2D eigenvalue weighted by Gasteiger charge is 2.25. The van der Waals surface area contributed by atoms with Crippen molar-refractivity contribution in [1.82, 2.24) is 9.62 Å². The summed E-state index contributed by atoms with van der Waals surface area (Å²) in [6.07, 6.45) is 2.23. The van der Waals surface area contributed by atoms with Gasteiger partial charge in [-0.25, -0.2) is 17.9 Å². The molecule has 1 saturated heterocycles. The van der Waals surface area contributed by atoms with Crippen molar-refractivity contribution in [2.75, 3.05) is 31.2 Å². The summed E-state index contributed by atoms with van der Waals surface area (Å²) in [4.78, 5) is 26.5. The molecular weight excluding hydrogens is 382 g/mol. The number of likely N-dealkylation sites (tertiary alicyclic amines) is 1. The van der Waals surface area contributed by atoms with Crippen molar-refractivity contribution in [2.24, 2.45) is 5.92 Å². The normalized spacial score (nSPS) is 17.9. The minimum Gasteiger partial charge on any atom is -0.444 e. The summed E-state index contributed by atoms with van der Waals surface area (Å²) < 4.78 is 30.3. The number of carbonyl (C=O) groups is 2. The van der Waals surface area contributed by atoms with Crippen LogP contribution in [0.15, 0.2) is 24.3 Å². The van der Waals surface area contributed by atoms with Crippen LogP contribution in [0.1, 0.15) is 44.0 Å². The van der Waals surface area contributed by atoms with Gasteiger partial charge in [-0.2, -0.15) is 0 Å². The van der Waals surface area contributed by atoms with Gasteiger partial charge in [-0.05, 0) is 57.7 Å². The molecule has 28 heavy (non-hydrogen) atoms.